The van der Waals surface area contributed by atoms with Gasteiger partial charge in [-0.1, -0.05) is 26.7 Å². The van der Waals surface area contributed by atoms with Gasteiger partial charge in [0.1, 0.15) is 0 Å². The lowest BCUT2D eigenvalue weighted by Crippen LogP contribution is -2.16. The topological polar surface area (TPSA) is 20.2 Å². The zero-order valence-corrected chi connectivity index (χ0v) is 8.44. The number of alkyl halides is 1. The molecule has 12 heavy (non-hydrogen) atoms. The van der Waals surface area contributed by atoms with Crippen LogP contribution < -0.4 is 0 Å². The normalized spacial score (nSPS) is 14.8. The third-order valence-electron chi connectivity index (χ3n) is 2.13. The van der Waals surface area contributed by atoms with E-state index < -0.39 is 6.17 Å². The van der Waals surface area contributed by atoms with Crippen LogP contribution in [-0.4, -0.2) is 17.9 Å². The summed E-state index contributed by atoms with van der Waals surface area (Å²) < 4.78 is 12.4. The van der Waals surface area contributed by atoms with Gasteiger partial charge in [0, 0.05) is 6.61 Å². The third-order valence-corrected chi connectivity index (χ3v) is 2.13. The number of rotatable bonds is 6. The molecule has 1 unspecified atom stereocenters. The van der Waals surface area contributed by atoms with E-state index in [0.717, 1.165) is 19.3 Å². The maximum absolute atomic E-state index is 12.4. The van der Waals surface area contributed by atoms with E-state index in [1.165, 1.54) is 0 Å². The molecule has 0 amide bonds. The molecule has 1 N–H and O–H groups in total. The number of hydrogen-bond acceptors (Lipinski definition) is 1. The molecular weight excluding hydrogens is 155 g/mol. The second-order valence-corrected chi connectivity index (χ2v) is 4.35. The van der Waals surface area contributed by atoms with Gasteiger partial charge in [0.2, 0.25) is 0 Å². The fraction of sp³-hybridized carbons (Fsp3) is 1.00. The molecule has 1 nitrogen and oxygen atoms in total. The molecule has 0 saturated carbocycles. The van der Waals surface area contributed by atoms with Gasteiger partial charge >= 0.3 is 0 Å². The minimum atomic E-state index is -0.678. The summed E-state index contributed by atoms with van der Waals surface area (Å²) in [6.07, 6.45) is 2.91. The van der Waals surface area contributed by atoms with Gasteiger partial charge in [0.05, 0.1) is 6.17 Å². The van der Waals surface area contributed by atoms with Crippen molar-refractivity contribution in [3.05, 3.63) is 0 Å². The van der Waals surface area contributed by atoms with Crippen LogP contribution in [0.1, 0.15) is 46.5 Å². The number of aliphatic hydroxyl groups is 1. The molecule has 0 spiro atoms. The minimum Gasteiger partial charge on any atom is -0.396 e. The molecule has 0 aromatic carbocycles. The molecule has 1 atom stereocenters. The van der Waals surface area contributed by atoms with Crippen molar-refractivity contribution >= 4 is 0 Å². The van der Waals surface area contributed by atoms with Crippen LogP contribution in [0, 0.1) is 5.41 Å². The minimum absolute atomic E-state index is 0.0134. The van der Waals surface area contributed by atoms with E-state index in [9.17, 15) is 4.39 Å². The van der Waals surface area contributed by atoms with Crippen molar-refractivity contribution in [2.24, 2.45) is 5.41 Å². The van der Waals surface area contributed by atoms with E-state index in [1.807, 2.05) is 13.8 Å². The van der Waals surface area contributed by atoms with Crippen molar-refractivity contribution < 1.29 is 9.50 Å². The summed E-state index contributed by atoms with van der Waals surface area (Å²) in [6, 6.07) is 0. The highest BCUT2D eigenvalue weighted by Gasteiger charge is 2.15. The Hall–Kier alpha value is -0.110. The predicted molar refractivity (Wildman–Crippen MR) is 49.9 cm³/mol. The van der Waals surface area contributed by atoms with E-state index in [0.29, 0.717) is 6.42 Å². The summed E-state index contributed by atoms with van der Waals surface area (Å²) in [5.74, 6) is 0. The summed E-state index contributed by atoms with van der Waals surface area (Å²) in [6.45, 7) is 5.88. The van der Waals surface area contributed by atoms with Crippen LogP contribution in [-0.2, 0) is 0 Å². The molecule has 0 aliphatic rings. The third kappa shape index (κ3) is 6.59. The Labute approximate surface area is 75.0 Å². The van der Waals surface area contributed by atoms with E-state index in [1.54, 1.807) is 6.92 Å². The molecule has 0 saturated heterocycles. The second kappa shape index (κ2) is 5.52. The maximum atomic E-state index is 12.4. The zero-order valence-electron chi connectivity index (χ0n) is 8.44. The van der Waals surface area contributed by atoms with Crippen LogP contribution in [0.5, 0.6) is 0 Å². The van der Waals surface area contributed by atoms with Crippen molar-refractivity contribution in [2.75, 3.05) is 6.61 Å². The first kappa shape index (κ1) is 11.9. The van der Waals surface area contributed by atoms with Crippen molar-refractivity contribution in [3.63, 3.8) is 0 Å². The van der Waals surface area contributed by atoms with E-state index >= 15 is 0 Å². The lowest BCUT2D eigenvalue weighted by Gasteiger charge is -2.21. The number of aliphatic hydroxyl groups excluding tert-OH is 1. The highest BCUT2D eigenvalue weighted by Crippen LogP contribution is 2.22. The molecule has 0 aliphatic carbocycles. The molecular formula is C10H21FO. The molecule has 74 valence electrons. The lowest BCUT2D eigenvalue weighted by molar-refractivity contribution is 0.146. The van der Waals surface area contributed by atoms with E-state index in [-0.39, 0.29) is 12.0 Å². The molecule has 0 aliphatic heterocycles. The first-order valence-electron chi connectivity index (χ1n) is 4.73. The van der Waals surface area contributed by atoms with Gasteiger partial charge in [-0.05, 0) is 25.2 Å². The smallest absolute Gasteiger partial charge is 0.0973 e. The van der Waals surface area contributed by atoms with Crippen molar-refractivity contribution in [2.45, 2.75) is 52.6 Å². The Bertz CT molecular complexity index is 110. The Morgan fingerprint density at radius 1 is 1.33 bits per heavy atom. The fourth-order valence-corrected chi connectivity index (χ4v) is 1.11. The molecule has 0 rings (SSSR count). The average molecular weight is 176 g/mol. The second-order valence-electron chi connectivity index (χ2n) is 4.35. The van der Waals surface area contributed by atoms with Crippen LogP contribution in [0.3, 0.4) is 0 Å². The fourth-order valence-electron chi connectivity index (χ4n) is 1.11. The van der Waals surface area contributed by atoms with E-state index in [2.05, 4.69) is 0 Å². The largest absolute Gasteiger partial charge is 0.396 e. The van der Waals surface area contributed by atoms with Crippen LogP contribution in [0.2, 0.25) is 0 Å². The van der Waals surface area contributed by atoms with Gasteiger partial charge in [-0.2, -0.15) is 0 Å². The van der Waals surface area contributed by atoms with Gasteiger partial charge in [-0.25, -0.2) is 4.39 Å². The van der Waals surface area contributed by atoms with Gasteiger partial charge < -0.3 is 5.11 Å². The predicted octanol–water partition coefficient (Wildman–Crippen LogP) is 2.92. The van der Waals surface area contributed by atoms with Crippen molar-refractivity contribution in [3.8, 4) is 0 Å². The Morgan fingerprint density at radius 3 is 2.33 bits per heavy atom. The molecule has 0 aromatic rings. The molecule has 0 heterocycles. The molecule has 0 radical (unpaired) electrons. The highest BCUT2D eigenvalue weighted by molar-refractivity contribution is 4.66. The van der Waals surface area contributed by atoms with Gasteiger partial charge in [0.25, 0.3) is 0 Å². The van der Waals surface area contributed by atoms with Crippen LogP contribution >= 0.6 is 0 Å². The van der Waals surface area contributed by atoms with Crippen LogP contribution in [0.15, 0.2) is 0 Å². The highest BCUT2D eigenvalue weighted by atomic mass is 19.1. The Balaban J connectivity index is 3.31. The standard InChI is InChI=1S/C10H21FO/c1-9(11)6-4-5-7-10(2,3)8-12/h9,12H,4-8H2,1-3H3. The number of halogens is 1. The summed E-state index contributed by atoms with van der Waals surface area (Å²) in [5, 5.41) is 8.93. The summed E-state index contributed by atoms with van der Waals surface area (Å²) in [7, 11) is 0. The summed E-state index contributed by atoms with van der Waals surface area (Å²) in [5.41, 5.74) is 0.0134. The Kier molecular flexibility index (Phi) is 5.47. The first-order valence-corrected chi connectivity index (χ1v) is 4.73. The van der Waals surface area contributed by atoms with Crippen molar-refractivity contribution in [1.29, 1.82) is 0 Å². The van der Waals surface area contributed by atoms with E-state index in [4.69, 9.17) is 5.11 Å². The van der Waals surface area contributed by atoms with Gasteiger partial charge in [0.15, 0.2) is 0 Å². The van der Waals surface area contributed by atoms with Gasteiger partial charge in [-0.15, -0.1) is 0 Å². The lowest BCUT2D eigenvalue weighted by atomic mass is 9.88. The Morgan fingerprint density at radius 2 is 1.92 bits per heavy atom. The monoisotopic (exact) mass is 176 g/mol. The molecule has 0 bridgehead atoms. The molecule has 2 heteroatoms. The van der Waals surface area contributed by atoms with Crippen LogP contribution in [0.4, 0.5) is 4.39 Å². The SMILES string of the molecule is CC(F)CCCCC(C)(C)CO. The first-order chi connectivity index (χ1) is 5.48. The van der Waals surface area contributed by atoms with Crippen LogP contribution in [0.25, 0.3) is 0 Å². The summed E-state index contributed by atoms with van der Waals surface area (Å²) >= 11 is 0. The zero-order chi connectivity index (χ0) is 9.61. The van der Waals surface area contributed by atoms with Gasteiger partial charge in [-0.3, -0.25) is 0 Å². The number of hydrogen-bond donors (Lipinski definition) is 1. The quantitative estimate of drug-likeness (QED) is 0.617. The van der Waals surface area contributed by atoms with Crippen molar-refractivity contribution in [1.82, 2.24) is 0 Å². The summed E-state index contributed by atoms with van der Waals surface area (Å²) in [4.78, 5) is 0. The number of unbranched alkanes of at least 4 members (excludes halogenated alkanes) is 1. The molecule has 0 fully saturated rings. The average Bonchev–Trinajstić information content (AvgIpc) is 1.98. The molecule has 0 aromatic heterocycles. The maximum Gasteiger partial charge on any atom is 0.0973 e.